The average Bonchev–Trinajstić information content (AvgIpc) is 2.97. The van der Waals surface area contributed by atoms with E-state index >= 15 is 0 Å². The number of rotatable bonds is 5. The van der Waals surface area contributed by atoms with Crippen molar-refractivity contribution in [1.29, 1.82) is 0 Å². The van der Waals surface area contributed by atoms with Gasteiger partial charge in [-0.25, -0.2) is 9.97 Å². The molecular formula is C14H21N5O. The molecule has 0 bridgehead atoms. The predicted octanol–water partition coefficient (Wildman–Crippen LogP) is 1.07. The monoisotopic (exact) mass is 275 g/mol. The van der Waals surface area contributed by atoms with Crippen LogP contribution in [0.5, 0.6) is 0 Å². The highest BCUT2D eigenvalue weighted by atomic mass is 16.3. The third-order valence-electron chi connectivity index (χ3n) is 3.94. The maximum Gasteiger partial charge on any atom is 0.142 e. The van der Waals surface area contributed by atoms with Gasteiger partial charge in [-0.3, -0.25) is 0 Å². The molecule has 1 fully saturated rings. The Morgan fingerprint density at radius 3 is 3.30 bits per heavy atom. The number of aliphatic hydroxyl groups is 1. The first-order valence-electron chi connectivity index (χ1n) is 7.22. The largest absolute Gasteiger partial charge is 0.396 e. The molecule has 20 heavy (non-hydrogen) atoms. The van der Waals surface area contributed by atoms with E-state index in [9.17, 15) is 5.11 Å². The second-order valence-electron chi connectivity index (χ2n) is 5.38. The molecule has 0 aliphatic carbocycles. The Bertz CT molecular complexity index is 555. The molecule has 108 valence electrons. The van der Waals surface area contributed by atoms with E-state index in [1.54, 1.807) is 6.33 Å². The zero-order chi connectivity index (χ0) is 13.8. The van der Waals surface area contributed by atoms with E-state index < -0.39 is 0 Å². The van der Waals surface area contributed by atoms with Crippen molar-refractivity contribution in [2.75, 3.05) is 38.1 Å². The minimum absolute atomic E-state index is 0.305. The summed E-state index contributed by atoms with van der Waals surface area (Å²) in [6.45, 7) is 4.27. The van der Waals surface area contributed by atoms with Crippen molar-refractivity contribution < 1.29 is 5.11 Å². The second-order valence-corrected chi connectivity index (χ2v) is 5.38. The molecule has 0 amide bonds. The molecular weight excluding hydrogens is 254 g/mol. The Hall–Kier alpha value is -1.66. The number of hydrogen-bond acceptors (Lipinski definition) is 5. The van der Waals surface area contributed by atoms with Crippen LogP contribution in [-0.4, -0.2) is 57.7 Å². The van der Waals surface area contributed by atoms with Gasteiger partial charge in [-0.2, -0.15) is 0 Å². The molecule has 6 nitrogen and oxygen atoms in total. The summed E-state index contributed by atoms with van der Waals surface area (Å²) in [6.07, 6.45) is 5.78. The Kier molecular flexibility index (Phi) is 4.13. The van der Waals surface area contributed by atoms with Gasteiger partial charge in [-0.15, -0.1) is 0 Å². The predicted molar refractivity (Wildman–Crippen MR) is 78.6 cm³/mol. The van der Waals surface area contributed by atoms with Crippen molar-refractivity contribution in [2.24, 2.45) is 5.92 Å². The summed E-state index contributed by atoms with van der Waals surface area (Å²) in [4.78, 5) is 14.0. The van der Waals surface area contributed by atoms with Crippen LogP contribution in [0.2, 0.25) is 0 Å². The third-order valence-corrected chi connectivity index (χ3v) is 3.94. The topological polar surface area (TPSA) is 77.1 Å². The van der Waals surface area contributed by atoms with Crippen LogP contribution >= 0.6 is 0 Å². The normalized spacial score (nSPS) is 20.4. The minimum Gasteiger partial charge on any atom is -0.396 e. The first-order chi connectivity index (χ1) is 9.86. The Morgan fingerprint density at radius 2 is 2.40 bits per heavy atom. The highest BCUT2D eigenvalue weighted by molar-refractivity contribution is 5.86. The van der Waals surface area contributed by atoms with E-state index in [1.807, 2.05) is 12.3 Å². The number of likely N-dealkylation sites (tertiary alicyclic amines) is 1. The van der Waals surface area contributed by atoms with Gasteiger partial charge in [0, 0.05) is 32.4 Å². The minimum atomic E-state index is 0.305. The van der Waals surface area contributed by atoms with Gasteiger partial charge in [0.05, 0.1) is 5.39 Å². The van der Waals surface area contributed by atoms with Gasteiger partial charge >= 0.3 is 0 Å². The van der Waals surface area contributed by atoms with Crippen LogP contribution < -0.4 is 5.32 Å². The van der Waals surface area contributed by atoms with E-state index in [4.69, 9.17) is 0 Å². The van der Waals surface area contributed by atoms with Gasteiger partial charge in [0.25, 0.3) is 0 Å². The number of nitrogens with zero attached hydrogens (tertiary/aromatic N) is 3. The molecule has 3 N–H and O–H groups in total. The zero-order valence-electron chi connectivity index (χ0n) is 11.5. The molecule has 6 heteroatoms. The van der Waals surface area contributed by atoms with E-state index in [-0.39, 0.29) is 0 Å². The first-order valence-corrected chi connectivity index (χ1v) is 7.22. The van der Waals surface area contributed by atoms with Crippen molar-refractivity contribution in [3.8, 4) is 0 Å². The standard InChI is InChI=1S/C14H21N5O/c20-9-11-2-1-6-19(8-11)7-5-16-14-12-3-4-15-13(12)17-10-18-14/h3-4,10-11,20H,1-2,5-9H2,(H2,15,16,17,18)/t11-/m0/s1. The molecule has 1 aliphatic heterocycles. The molecule has 0 unspecified atom stereocenters. The van der Waals surface area contributed by atoms with Gasteiger partial charge in [0.15, 0.2) is 0 Å². The summed E-state index contributed by atoms with van der Waals surface area (Å²) in [5, 5.41) is 13.7. The van der Waals surface area contributed by atoms with E-state index in [2.05, 4.69) is 25.2 Å². The lowest BCUT2D eigenvalue weighted by molar-refractivity contribution is 0.123. The zero-order valence-corrected chi connectivity index (χ0v) is 11.5. The summed E-state index contributed by atoms with van der Waals surface area (Å²) in [7, 11) is 0. The quantitative estimate of drug-likeness (QED) is 0.761. The lowest BCUT2D eigenvalue weighted by Gasteiger charge is -2.31. The van der Waals surface area contributed by atoms with Crippen LogP contribution in [0.4, 0.5) is 5.82 Å². The van der Waals surface area contributed by atoms with Crippen molar-refractivity contribution in [1.82, 2.24) is 19.9 Å². The lowest BCUT2D eigenvalue weighted by atomic mass is 9.99. The van der Waals surface area contributed by atoms with E-state index in [1.165, 1.54) is 6.42 Å². The smallest absolute Gasteiger partial charge is 0.142 e. The number of piperidine rings is 1. The van der Waals surface area contributed by atoms with Crippen molar-refractivity contribution in [3.05, 3.63) is 18.6 Å². The number of H-pyrrole nitrogens is 1. The lowest BCUT2D eigenvalue weighted by Crippen LogP contribution is -2.39. The average molecular weight is 275 g/mol. The summed E-state index contributed by atoms with van der Waals surface area (Å²) in [5.74, 6) is 1.33. The molecule has 2 aromatic rings. The fourth-order valence-electron chi connectivity index (χ4n) is 2.85. The SMILES string of the molecule is OC[C@H]1CCCN(CCNc2ncnc3[nH]ccc23)C1. The summed E-state index contributed by atoms with van der Waals surface area (Å²) < 4.78 is 0. The number of aromatic nitrogens is 3. The molecule has 1 aliphatic rings. The van der Waals surface area contributed by atoms with Crippen LogP contribution in [0, 0.1) is 5.92 Å². The number of hydrogen-bond donors (Lipinski definition) is 3. The maximum atomic E-state index is 9.24. The number of aromatic amines is 1. The van der Waals surface area contributed by atoms with Crippen LogP contribution in [0.25, 0.3) is 11.0 Å². The van der Waals surface area contributed by atoms with Crippen molar-refractivity contribution in [3.63, 3.8) is 0 Å². The highest BCUT2D eigenvalue weighted by Crippen LogP contribution is 2.18. The molecule has 0 spiro atoms. The highest BCUT2D eigenvalue weighted by Gasteiger charge is 2.18. The summed E-state index contributed by atoms with van der Waals surface area (Å²) >= 11 is 0. The molecule has 3 heterocycles. The van der Waals surface area contributed by atoms with Crippen LogP contribution in [0.1, 0.15) is 12.8 Å². The van der Waals surface area contributed by atoms with Gasteiger partial charge in [-0.05, 0) is 31.4 Å². The third kappa shape index (κ3) is 2.91. The summed E-state index contributed by atoms with van der Waals surface area (Å²) in [6, 6.07) is 1.99. The Balaban J connectivity index is 1.53. The number of nitrogens with one attached hydrogen (secondary N) is 2. The Labute approximate surface area is 118 Å². The molecule has 2 aromatic heterocycles. The van der Waals surface area contributed by atoms with Gasteiger partial charge in [0.2, 0.25) is 0 Å². The van der Waals surface area contributed by atoms with Gasteiger partial charge < -0.3 is 20.3 Å². The molecule has 3 rings (SSSR count). The maximum absolute atomic E-state index is 9.24. The van der Waals surface area contributed by atoms with Crippen molar-refractivity contribution in [2.45, 2.75) is 12.8 Å². The Morgan fingerprint density at radius 1 is 1.45 bits per heavy atom. The molecule has 0 saturated carbocycles. The van der Waals surface area contributed by atoms with Crippen LogP contribution in [0.3, 0.4) is 0 Å². The fourth-order valence-corrected chi connectivity index (χ4v) is 2.85. The molecule has 1 saturated heterocycles. The van der Waals surface area contributed by atoms with Crippen molar-refractivity contribution >= 4 is 16.9 Å². The number of anilines is 1. The fraction of sp³-hybridized carbons (Fsp3) is 0.571. The number of fused-ring (bicyclic) bond motifs is 1. The first kappa shape index (κ1) is 13.3. The van der Waals surface area contributed by atoms with Crippen LogP contribution in [0.15, 0.2) is 18.6 Å². The van der Waals surface area contributed by atoms with Crippen LogP contribution in [-0.2, 0) is 0 Å². The number of aliphatic hydroxyl groups excluding tert-OH is 1. The molecule has 0 aromatic carbocycles. The summed E-state index contributed by atoms with van der Waals surface area (Å²) in [5.41, 5.74) is 0.862. The molecule has 0 radical (unpaired) electrons. The molecule has 1 atom stereocenters. The van der Waals surface area contributed by atoms with E-state index in [0.717, 1.165) is 49.5 Å². The van der Waals surface area contributed by atoms with Gasteiger partial charge in [0.1, 0.15) is 17.8 Å². The second kappa shape index (κ2) is 6.19. The van der Waals surface area contributed by atoms with Gasteiger partial charge in [-0.1, -0.05) is 0 Å². The van der Waals surface area contributed by atoms with E-state index in [0.29, 0.717) is 12.5 Å².